The van der Waals surface area contributed by atoms with Gasteiger partial charge in [-0.1, -0.05) is 0 Å². The fourth-order valence-corrected chi connectivity index (χ4v) is 4.00. The summed E-state index contributed by atoms with van der Waals surface area (Å²) in [5.41, 5.74) is 0.552. The Morgan fingerprint density at radius 3 is 3.00 bits per heavy atom. The highest BCUT2D eigenvalue weighted by molar-refractivity contribution is 7.89. The Bertz CT molecular complexity index is 734. The van der Waals surface area contributed by atoms with Crippen LogP contribution in [-0.2, 0) is 29.7 Å². The fourth-order valence-electron chi connectivity index (χ4n) is 2.30. The second-order valence-corrected chi connectivity index (χ2v) is 6.44. The molecular weight excluding hydrogens is 284 g/mol. The van der Waals surface area contributed by atoms with Crippen LogP contribution in [0.3, 0.4) is 0 Å². The smallest absolute Gasteiger partial charge is 0.247 e. The summed E-state index contributed by atoms with van der Waals surface area (Å²) in [5.74, 6) is 0.603. The van der Waals surface area contributed by atoms with Crippen molar-refractivity contribution < 1.29 is 13.5 Å². The van der Waals surface area contributed by atoms with Crippen LogP contribution < -0.4 is 0 Å². The third-order valence-electron chi connectivity index (χ3n) is 3.31. The zero-order chi connectivity index (χ0) is 14.3. The van der Waals surface area contributed by atoms with Gasteiger partial charge in [0.1, 0.15) is 22.7 Å². The van der Waals surface area contributed by atoms with Gasteiger partial charge < -0.3 is 9.67 Å². The Balaban J connectivity index is 1.99. The van der Waals surface area contributed by atoms with E-state index >= 15 is 0 Å². The van der Waals surface area contributed by atoms with Gasteiger partial charge in [0.25, 0.3) is 0 Å². The van der Waals surface area contributed by atoms with Gasteiger partial charge in [-0.15, -0.1) is 10.2 Å². The van der Waals surface area contributed by atoms with Crippen molar-refractivity contribution in [3.8, 4) is 0 Å². The molecule has 1 aliphatic heterocycles. The van der Waals surface area contributed by atoms with Gasteiger partial charge in [-0.2, -0.15) is 9.40 Å². The molecular formula is C10H14N6O3S. The highest BCUT2D eigenvalue weighted by Crippen LogP contribution is 2.25. The summed E-state index contributed by atoms with van der Waals surface area (Å²) in [6, 6.07) is 0. The summed E-state index contributed by atoms with van der Waals surface area (Å²) in [5, 5.41) is 23.3. The van der Waals surface area contributed by atoms with Crippen LogP contribution in [0.1, 0.15) is 17.2 Å². The van der Waals surface area contributed by atoms with E-state index in [0.717, 1.165) is 0 Å². The van der Waals surface area contributed by atoms with E-state index in [4.69, 9.17) is 0 Å². The van der Waals surface area contributed by atoms with Crippen molar-refractivity contribution in [1.82, 2.24) is 29.3 Å². The maximum absolute atomic E-state index is 12.7. The molecule has 0 aliphatic carbocycles. The van der Waals surface area contributed by atoms with E-state index in [0.29, 0.717) is 24.6 Å². The Hall–Kier alpha value is -1.78. The molecule has 2 aromatic heterocycles. The average Bonchev–Trinajstić information content (AvgIpc) is 3.03. The number of nitrogens with one attached hydrogen (secondary N) is 1. The lowest BCUT2D eigenvalue weighted by molar-refractivity contribution is 0.272. The highest BCUT2D eigenvalue weighted by Gasteiger charge is 2.33. The van der Waals surface area contributed by atoms with Crippen LogP contribution >= 0.6 is 0 Å². The summed E-state index contributed by atoms with van der Waals surface area (Å²) in [7, 11) is -3.71. The van der Waals surface area contributed by atoms with Gasteiger partial charge in [-0.3, -0.25) is 5.10 Å². The van der Waals surface area contributed by atoms with Crippen LogP contribution in [0.15, 0.2) is 11.2 Å². The first kappa shape index (κ1) is 13.2. The number of hydrogen-bond acceptors (Lipinski definition) is 6. The van der Waals surface area contributed by atoms with Crippen LogP contribution in [0, 0.1) is 6.92 Å². The fraction of sp³-hybridized carbons (Fsp3) is 0.500. The lowest BCUT2D eigenvalue weighted by atomic mass is 10.4. The van der Waals surface area contributed by atoms with Gasteiger partial charge in [0, 0.05) is 13.1 Å². The lowest BCUT2D eigenvalue weighted by Gasteiger charge is -2.26. The van der Waals surface area contributed by atoms with E-state index in [1.54, 1.807) is 13.3 Å². The average molecular weight is 298 g/mol. The molecule has 1 aliphatic rings. The van der Waals surface area contributed by atoms with Crippen LogP contribution in [-0.4, -0.2) is 49.3 Å². The molecule has 0 saturated carbocycles. The molecule has 0 amide bonds. The summed E-state index contributed by atoms with van der Waals surface area (Å²) >= 11 is 0. The SMILES string of the molecule is Cc1[nH]nc(CO)c1S(=O)(=O)N1CCn2cnnc2C1. The monoisotopic (exact) mass is 298 g/mol. The molecule has 0 aromatic carbocycles. The maximum Gasteiger partial charge on any atom is 0.247 e. The molecule has 3 heterocycles. The number of rotatable bonds is 3. The Morgan fingerprint density at radius 1 is 1.45 bits per heavy atom. The number of aryl methyl sites for hydroxylation is 1. The number of aromatic nitrogens is 5. The molecule has 20 heavy (non-hydrogen) atoms. The van der Waals surface area contributed by atoms with E-state index in [9.17, 15) is 13.5 Å². The zero-order valence-corrected chi connectivity index (χ0v) is 11.6. The number of nitrogens with zero attached hydrogens (tertiary/aromatic N) is 5. The number of H-pyrrole nitrogens is 1. The minimum absolute atomic E-state index is 0.0490. The number of fused-ring (bicyclic) bond motifs is 1. The van der Waals surface area contributed by atoms with Crippen LogP contribution in [0.5, 0.6) is 0 Å². The van der Waals surface area contributed by atoms with Gasteiger partial charge in [0.2, 0.25) is 10.0 Å². The van der Waals surface area contributed by atoms with Gasteiger partial charge in [0.05, 0.1) is 18.8 Å². The Kier molecular flexibility index (Phi) is 3.07. The minimum atomic E-state index is -3.71. The first-order chi connectivity index (χ1) is 9.54. The molecule has 0 atom stereocenters. The van der Waals surface area contributed by atoms with Crippen molar-refractivity contribution in [3.63, 3.8) is 0 Å². The molecule has 9 nitrogen and oxygen atoms in total. The van der Waals surface area contributed by atoms with Crippen molar-refractivity contribution in [3.05, 3.63) is 23.5 Å². The molecule has 2 aromatic rings. The third kappa shape index (κ3) is 1.92. The van der Waals surface area contributed by atoms with Crippen molar-refractivity contribution >= 4 is 10.0 Å². The Morgan fingerprint density at radius 2 is 2.25 bits per heavy atom. The van der Waals surface area contributed by atoms with Gasteiger partial charge in [0.15, 0.2) is 0 Å². The zero-order valence-electron chi connectivity index (χ0n) is 10.8. The summed E-state index contributed by atoms with van der Waals surface area (Å²) in [6.45, 7) is 2.20. The van der Waals surface area contributed by atoms with Crippen molar-refractivity contribution in [2.75, 3.05) is 6.54 Å². The van der Waals surface area contributed by atoms with E-state index in [1.165, 1.54) is 4.31 Å². The third-order valence-corrected chi connectivity index (χ3v) is 5.36. The van der Waals surface area contributed by atoms with E-state index in [-0.39, 0.29) is 17.1 Å². The van der Waals surface area contributed by atoms with E-state index in [1.807, 2.05) is 4.57 Å². The predicted octanol–water partition coefficient (Wildman–Crippen LogP) is -0.994. The van der Waals surface area contributed by atoms with E-state index in [2.05, 4.69) is 20.4 Å². The molecule has 0 fully saturated rings. The van der Waals surface area contributed by atoms with Crippen LogP contribution in [0.25, 0.3) is 0 Å². The lowest BCUT2D eigenvalue weighted by Crippen LogP contribution is -2.38. The van der Waals surface area contributed by atoms with Crippen molar-refractivity contribution in [1.29, 1.82) is 0 Å². The summed E-state index contributed by atoms with van der Waals surface area (Å²) < 4.78 is 28.5. The molecule has 3 rings (SSSR count). The summed E-state index contributed by atoms with van der Waals surface area (Å²) in [4.78, 5) is 0.0490. The Labute approximate surface area is 115 Å². The number of hydrogen-bond donors (Lipinski definition) is 2. The topological polar surface area (TPSA) is 117 Å². The largest absolute Gasteiger partial charge is 0.390 e. The molecule has 0 saturated heterocycles. The van der Waals surface area contributed by atoms with Crippen molar-refractivity contribution in [2.45, 2.75) is 31.5 Å². The number of aromatic amines is 1. The normalized spacial score (nSPS) is 16.3. The molecule has 0 bridgehead atoms. The quantitative estimate of drug-likeness (QED) is 0.751. The second kappa shape index (κ2) is 4.65. The van der Waals surface area contributed by atoms with Gasteiger partial charge >= 0.3 is 0 Å². The number of aliphatic hydroxyl groups is 1. The molecule has 0 radical (unpaired) electrons. The second-order valence-electron chi connectivity index (χ2n) is 4.56. The molecule has 108 valence electrons. The first-order valence-corrected chi connectivity index (χ1v) is 7.49. The molecule has 0 unspecified atom stereocenters. The molecule has 0 spiro atoms. The van der Waals surface area contributed by atoms with Crippen molar-refractivity contribution in [2.24, 2.45) is 0 Å². The summed E-state index contributed by atoms with van der Waals surface area (Å²) in [6.07, 6.45) is 1.58. The van der Waals surface area contributed by atoms with Gasteiger partial charge in [-0.25, -0.2) is 8.42 Å². The maximum atomic E-state index is 12.7. The van der Waals surface area contributed by atoms with Crippen LogP contribution in [0.4, 0.5) is 0 Å². The van der Waals surface area contributed by atoms with Gasteiger partial charge in [-0.05, 0) is 6.92 Å². The molecule has 2 N–H and O–H groups in total. The van der Waals surface area contributed by atoms with Crippen LogP contribution in [0.2, 0.25) is 0 Å². The predicted molar refractivity (Wildman–Crippen MR) is 66.9 cm³/mol. The highest BCUT2D eigenvalue weighted by atomic mass is 32.2. The number of aliphatic hydroxyl groups excluding tert-OH is 1. The number of sulfonamides is 1. The minimum Gasteiger partial charge on any atom is -0.390 e. The standard InChI is InChI=1S/C10H14N6O3S/c1-7-10(8(5-17)13-12-7)20(18,19)16-3-2-15-6-11-14-9(15)4-16/h6,17H,2-5H2,1H3,(H,12,13). The molecule has 10 heteroatoms. The van der Waals surface area contributed by atoms with E-state index < -0.39 is 16.6 Å². The first-order valence-electron chi connectivity index (χ1n) is 6.05.